The number of fused-ring (bicyclic) bond motifs is 1. The number of ether oxygens (including phenoxy) is 3. The van der Waals surface area contributed by atoms with Crippen LogP contribution in [-0.4, -0.2) is 68.9 Å². The van der Waals surface area contributed by atoms with E-state index in [1.54, 1.807) is 33.8 Å². The largest absolute Gasteiger partial charge is 0.464 e. The third-order valence-electron chi connectivity index (χ3n) is 6.98. The summed E-state index contributed by atoms with van der Waals surface area (Å²) in [6, 6.07) is 7.18. The normalized spacial score (nSPS) is 24.7. The summed E-state index contributed by atoms with van der Waals surface area (Å²) in [5.74, 6) is -0.869. The topological polar surface area (TPSA) is 112 Å². The molecule has 10 nitrogen and oxygen atoms in total. The minimum absolute atomic E-state index is 0.00673. The van der Waals surface area contributed by atoms with Gasteiger partial charge in [0.1, 0.15) is 23.3 Å². The molecular formula is C28H38N4O6. The highest BCUT2D eigenvalue weighted by molar-refractivity contribution is 5.94. The van der Waals surface area contributed by atoms with Crippen molar-refractivity contribution in [2.75, 3.05) is 13.2 Å². The van der Waals surface area contributed by atoms with Crippen molar-refractivity contribution in [3.8, 4) is 6.01 Å². The number of likely N-dealkylation sites (tertiary alicyclic amines) is 1. The van der Waals surface area contributed by atoms with Gasteiger partial charge < -0.3 is 19.5 Å². The van der Waals surface area contributed by atoms with Crippen LogP contribution in [0.15, 0.2) is 36.9 Å². The molecular weight excluding hydrogens is 488 g/mol. The van der Waals surface area contributed by atoms with Crippen LogP contribution in [0.4, 0.5) is 4.79 Å². The molecule has 2 aromatic rings. The highest BCUT2D eigenvalue weighted by atomic mass is 16.6. The Morgan fingerprint density at radius 2 is 1.97 bits per heavy atom. The number of nitrogens with zero attached hydrogens (tertiary/aromatic N) is 3. The maximum atomic E-state index is 13.6. The van der Waals surface area contributed by atoms with Crippen molar-refractivity contribution >= 4 is 29.0 Å². The van der Waals surface area contributed by atoms with Gasteiger partial charge in [0, 0.05) is 13.0 Å². The standard InChI is InChI=1S/C28H38N4O6/c1-7-14-31-21-13-11-10-12-20(21)29-25(31)37-19-15-22(32(17-19)26(35)38-27(4,5)6)23(33)30-28(16-18(28)8-2)24(34)36-9-3/h7,10-13,18-19,22H,1,8-9,14-17H2,2-6H3,(H,30,33)/t18-,19-,22+,28-/m1/s1. The van der Waals surface area contributed by atoms with Gasteiger partial charge in [-0.05, 0) is 52.2 Å². The summed E-state index contributed by atoms with van der Waals surface area (Å²) in [6.45, 7) is 13.7. The predicted molar refractivity (Wildman–Crippen MR) is 142 cm³/mol. The van der Waals surface area contributed by atoms with Crippen LogP contribution in [0.5, 0.6) is 6.01 Å². The fourth-order valence-electron chi connectivity index (χ4n) is 5.09. The lowest BCUT2D eigenvalue weighted by atomic mass is 10.1. The molecule has 0 radical (unpaired) electrons. The van der Waals surface area contributed by atoms with Gasteiger partial charge in [-0.2, -0.15) is 4.98 Å². The van der Waals surface area contributed by atoms with Crippen LogP contribution < -0.4 is 10.1 Å². The molecule has 1 aliphatic carbocycles. The van der Waals surface area contributed by atoms with E-state index in [0.29, 0.717) is 19.0 Å². The van der Waals surface area contributed by atoms with E-state index >= 15 is 0 Å². The van der Waals surface area contributed by atoms with E-state index in [9.17, 15) is 14.4 Å². The van der Waals surface area contributed by atoms with Gasteiger partial charge in [-0.1, -0.05) is 31.6 Å². The van der Waals surface area contributed by atoms with E-state index in [2.05, 4.69) is 16.9 Å². The summed E-state index contributed by atoms with van der Waals surface area (Å²) in [4.78, 5) is 45.5. The van der Waals surface area contributed by atoms with Crippen LogP contribution in [0.3, 0.4) is 0 Å². The number of carbonyl (C=O) groups excluding carboxylic acids is 3. The molecule has 206 valence electrons. The van der Waals surface area contributed by atoms with E-state index < -0.39 is 41.3 Å². The molecule has 2 heterocycles. The average molecular weight is 527 g/mol. The van der Waals surface area contributed by atoms with E-state index in [4.69, 9.17) is 14.2 Å². The second-order valence-corrected chi connectivity index (χ2v) is 10.9. The fourth-order valence-corrected chi connectivity index (χ4v) is 5.09. The van der Waals surface area contributed by atoms with Crippen molar-refractivity contribution in [2.24, 2.45) is 5.92 Å². The van der Waals surface area contributed by atoms with Crippen LogP contribution >= 0.6 is 0 Å². The van der Waals surface area contributed by atoms with Gasteiger partial charge >= 0.3 is 12.1 Å². The van der Waals surface area contributed by atoms with Crippen LogP contribution in [0.2, 0.25) is 0 Å². The number of aromatic nitrogens is 2. The van der Waals surface area contributed by atoms with Crippen LogP contribution in [0.25, 0.3) is 11.0 Å². The number of benzene rings is 1. The number of hydrogen-bond donors (Lipinski definition) is 1. The van der Waals surface area contributed by atoms with E-state index in [1.165, 1.54) is 4.90 Å². The van der Waals surface area contributed by atoms with Crippen LogP contribution in [0.1, 0.15) is 53.9 Å². The number of rotatable bonds is 9. The van der Waals surface area contributed by atoms with Crippen LogP contribution in [0, 0.1) is 5.92 Å². The van der Waals surface area contributed by atoms with Gasteiger partial charge in [0.05, 0.1) is 24.2 Å². The second-order valence-electron chi connectivity index (χ2n) is 10.9. The Balaban J connectivity index is 1.58. The first-order chi connectivity index (χ1) is 18.0. The Kier molecular flexibility index (Phi) is 7.71. The number of allylic oxidation sites excluding steroid dienone is 1. The monoisotopic (exact) mass is 526 g/mol. The van der Waals surface area contributed by atoms with Gasteiger partial charge in [-0.25, -0.2) is 9.59 Å². The molecule has 2 amide bonds. The lowest BCUT2D eigenvalue weighted by molar-refractivity contribution is -0.149. The number of imidazole rings is 1. The highest BCUT2D eigenvalue weighted by Gasteiger charge is 2.62. The molecule has 2 aliphatic rings. The summed E-state index contributed by atoms with van der Waals surface area (Å²) >= 11 is 0. The van der Waals surface area contributed by atoms with Crippen molar-refractivity contribution < 1.29 is 28.6 Å². The number of esters is 1. The van der Waals surface area contributed by atoms with Gasteiger partial charge in [0.2, 0.25) is 5.91 Å². The van der Waals surface area contributed by atoms with Crippen molar-refractivity contribution in [2.45, 2.75) is 83.7 Å². The smallest absolute Gasteiger partial charge is 0.411 e. The van der Waals surface area contributed by atoms with Crippen molar-refractivity contribution in [3.05, 3.63) is 36.9 Å². The molecule has 4 rings (SSSR count). The lowest BCUT2D eigenvalue weighted by Crippen LogP contribution is -2.54. The fraction of sp³-hybridized carbons (Fsp3) is 0.571. The Morgan fingerprint density at radius 1 is 1.24 bits per heavy atom. The van der Waals surface area contributed by atoms with Crippen LogP contribution in [-0.2, 0) is 25.6 Å². The third kappa shape index (κ3) is 5.49. The minimum atomic E-state index is -1.06. The summed E-state index contributed by atoms with van der Waals surface area (Å²) in [5, 5.41) is 2.93. The molecule has 1 aromatic carbocycles. The zero-order valence-corrected chi connectivity index (χ0v) is 22.9. The molecule has 1 aliphatic heterocycles. The van der Waals surface area contributed by atoms with Gasteiger partial charge in [0.15, 0.2) is 0 Å². The Bertz CT molecular complexity index is 1220. The van der Waals surface area contributed by atoms with Gasteiger partial charge in [-0.3, -0.25) is 14.3 Å². The molecule has 1 N–H and O–H groups in total. The Labute approximate surface area is 223 Å². The third-order valence-corrected chi connectivity index (χ3v) is 6.98. The zero-order valence-electron chi connectivity index (χ0n) is 22.9. The van der Waals surface area contributed by atoms with Crippen molar-refractivity contribution in [3.63, 3.8) is 0 Å². The molecule has 0 unspecified atom stereocenters. The number of hydrogen-bond acceptors (Lipinski definition) is 7. The molecule has 10 heteroatoms. The molecule has 1 saturated heterocycles. The number of para-hydroxylation sites is 2. The van der Waals surface area contributed by atoms with Gasteiger partial charge in [0.25, 0.3) is 6.01 Å². The Hall–Kier alpha value is -3.56. The highest BCUT2D eigenvalue weighted by Crippen LogP contribution is 2.47. The molecule has 1 aromatic heterocycles. The first-order valence-electron chi connectivity index (χ1n) is 13.2. The summed E-state index contributed by atoms with van der Waals surface area (Å²) in [5.41, 5.74) is -0.130. The molecule has 4 atom stereocenters. The van der Waals surface area contributed by atoms with E-state index in [-0.39, 0.29) is 25.5 Å². The quantitative estimate of drug-likeness (QED) is 0.390. The number of amides is 2. The zero-order chi connectivity index (χ0) is 27.7. The maximum absolute atomic E-state index is 13.6. The first kappa shape index (κ1) is 27.5. The summed E-state index contributed by atoms with van der Waals surface area (Å²) in [6.07, 6.45) is 2.09. The predicted octanol–water partition coefficient (Wildman–Crippen LogP) is 3.83. The molecule has 0 spiro atoms. The summed E-state index contributed by atoms with van der Waals surface area (Å²) < 4.78 is 19.1. The Morgan fingerprint density at radius 3 is 2.61 bits per heavy atom. The SMILES string of the molecule is C=CCn1c(O[C@@H]2C[C@@H](C(=O)N[C@]3(C(=O)OCC)C[C@H]3CC)N(C(=O)OC(C)(C)C)C2)nc2ccccc21. The number of nitrogens with one attached hydrogen (secondary N) is 1. The van der Waals surface area contributed by atoms with Crippen molar-refractivity contribution in [1.29, 1.82) is 0 Å². The number of carbonyl (C=O) groups is 3. The van der Waals surface area contributed by atoms with E-state index in [0.717, 1.165) is 17.5 Å². The molecule has 0 bridgehead atoms. The lowest BCUT2D eigenvalue weighted by Gasteiger charge is -2.29. The van der Waals surface area contributed by atoms with Gasteiger partial charge in [-0.15, -0.1) is 6.58 Å². The molecule has 2 fully saturated rings. The summed E-state index contributed by atoms with van der Waals surface area (Å²) in [7, 11) is 0. The molecule has 38 heavy (non-hydrogen) atoms. The van der Waals surface area contributed by atoms with Crippen molar-refractivity contribution in [1.82, 2.24) is 19.8 Å². The first-order valence-corrected chi connectivity index (χ1v) is 13.2. The minimum Gasteiger partial charge on any atom is -0.464 e. The van der Waals surface area contributed by atoms with E-state index in [1.807, 2.05) is 35.8 Å². The molecule has 1 saturated carbocycles. The second kappa shape index (κ2) is 10.7. The average Bonchev–Trinajstić information content (AvgIpc) is 3.22. The maximum Gasteiger partial charge on any atom is 0.411 e.